The number of benzene rings is 2. The van der Waals surface area contributed by atoms with Crippen LogP contribution in [0.25, 0.3) is 0 Å². The van der Waals surface area contributed by atoms with Crippen molar-refractivity contribution in [3.8, 4) is 11.5 Å². The number of ether oxygens (including phenoxy) is 2. The molecule has 0 unspecified atom stereocenters. The summed E-state index contributed by atoms with van der Waals surface area (Å²) in [6.45, 7) is 11.4. The molecule has 4 nitrogen and oxygen atoms in total. The van der Waals surface area contributed by atoms with Gasteiger partial charge in [-0.05, 0) is 48.5 Å². The first-order valence-corrected chi connectivity index (χ1v) is 9.51. The smallest absolute Gasteiger partial charge is 0.206 e. The number of rotatable bonds is 8. The lowest BCUT2D eigenvalue weighted by Crippen LogP contribution is -2.02. The molecule has 2 rings (SSSR count). The molecule has 25 heavy (non-hydrogen) atoms. The van der Waals surface area contributed by atoms with Crippen molar-refractivity contribution >= 4 is 9.84 Å². The van der Waals surface area contributed by atoms with Crippen LogP contribution in [-0.2, 0) is 9.84 Å². The zero-order chi connectivity index (χ0) is 18.4. The average molecular weight is 358 g/mol. The molecule has 2 aromatic rings. The van der Waals surface area contributed by atoms with Crippen molar-refractivity contribution in [1.29, 1.82) is 0 Å². The summed E-state index contributed by atoms with van der Waals surface area (Å²) in [6, 6.07) is 12.6. The molecular formula is C20H22O4S. The minimum absolute atomic E-state index is 0.202. The van der Waals surface area contributed by atoms with E-state index in [1.807, 2.05) is 13.8 Å². The molecule has 0 aliphatic heterocycles. The van der Waals surface area contributed by atoms with Crippen molar-refractivity contribution in [3.63, 3.8) is 0 Å². The van der Waals surface area contributed by atoms with E-state index in [-0.39, 0.29) is 9.79 Å². The topological polar surface area (TPSA) is 52.6 Å². The van der Waals surface area contributed by atoms with Gasteiger partial charge in [0.05, 0.1) is 21.3 Å². The monoisotopic (exact) mass is 358 g/mol. The van der Waals surface area contributed by atoms with Crippen molar-refractivity contribution in [3.05, 3.63) is 73.2 Å². The van der Waals surface area contributed by atoms with Crippen LogP contribution in [0.2, 0.25) is 0 Å². The first kappa shape index (κ1) is 18.8. The fraction of sp³-hybridized carbons (Fsp3) is 0.200. The Hall–Kier alpha value is -2.53. The van der Waals surface area contributed by atoms with Crippen LogP contribution in [0, 0.1) is 0 Å². The Labute approximate surface area is 149 Å². The van der Waals surface area contributed by atoms with E-state index >= 15 is 0 Å². The van der Waals surface area contributed by atoms with Gasteiger partial charge in [0.1, 0.15) is 11.5 Å². The van der Waals surface area contributed by atoms with Crippen LogP contribution in [0.5, 0.6) is 11.5 Å². The highest BCUT2D eigenvalue weighted by Crippen LogP contribution is 2.26. The summed E-state index contributed by atoms with van der Waals surface area (Å²) in [6.07, 6.45) is 1.39. The molecule has 0 N–H and O–H groups in total. The van der Waals surface area contributed by atoms with Crippen LogP contribution in [0.4, 0.5) is 0 Å². The van der Waals surface area contributed by atoms with E-state index in [0.29, 0.717) is 35.9 Å². The molecule has 0 saturated carbocycles. The maximum Gasteiger partial charge on any atom is 0.206 e. The normalized spacial score (nSPS) is 11.0. The highest BCUT2D eigenvalue weighted by atomic mass is 32.2. The van der Waals surface area contributed by atoms with E-state index in [0.717, 1.165) is 0 Å². The van der Waals surface area contributed by atoms with E-state index in [4.69, 9.17) is 9.47 Å². The lowest BCUT2D eigenvalue weighted by atomic mass is 10.3. The van der Waals surface area contributed by atoms with Gasteiger partial charge in [0.15, 0.2) is 0 Å². The second kappa shape index (κ2) is 8.03. The Balaban J connectivity index is 2.20. The second-order valence-corrected chi connectivity index (χ2v) is 7.38. The molecule has 0 heterocycles. The number of hydrogen-bond donors (Lipinski definition) is 0. The van der Waals surface area contributed by atoms with Gasteiger partial charge < -0.3 is 9.47 Å². The van der Waals surface area contributed by atoms with Crippen molar-refractivity contribution in [2.24, 2.45) is 0 Å². The largest absolute Gasteiger partial charge is 0.462 e. The molecule has 0 spiro atoms. The first-order chi connectivity index (χ1) is 11.9. The fourth-order valence-electron chi connectivity index (χ4n) is 1.99. The number of hydrogen-bond acceptors (Lipinski definition) is 4. The van der Waals surface area contributed by atoms with Gasteiger partial charge in [-0.2, -0.15) is 0 Å². The zero-order valence-corrected chi connectivity index (χ0v) is 15.3. The minimum Gasteiger partial charge on any atom is -0.462 e. The van der Waals surface area contributed by atoms with E-state index in [1.165, 1.54) is 24.3 Å². The Morgan fingerprint density at radius 2 is 1.08 bits per heavy atom. The second-order valence-electron chi connectivity index (χ2n) is 5.43. The van der Waals surface area contributed by atoms with Gasteiger partial charge in [0, 0.05) is 12.8 Å². The van der Waals surface area contributed by atoms with E-state index in [2.05, 4.69) is 13.2 Å². The van der Waals surface area contributed by atoms with Gasteiger partial charge in [-0.3, -0.25) is 0 Å². The summed E-state index contributed by atoms with van der Waals surface area (Å²) in [5, 5.41) is 0. The molecule has 0 aliphatic rings. The van der Waals surface area contributed by atoms with Crippen LogP contribution in [0.1, 0.15) is 26.7 Å². The minimum atomic E-state index is -3.60. The first-order valence-electron chi connectivity index (χ1n) is 8.03. The van der Waals surface area contributed by atoms with Crippen LogP contribution in [-0.4, -0.2) is 8.42 Å². The third kappa shape index (κ3) is 4.73. The number of allylic oxidation sites excluding steroid dienone is 2. The molecule has 0 amide bonds. The highest BCUT2D eigenvalue weighted by Gasteiger charge is 2.17. The molecule has 0 radical (unpaired) electrons. The molecule has 0 saturated heterocycles. The Bertz CT molecular complexity index is 780. The molecule has 0 aliphatic carbocycles. The third-order valence-corrected chi connectivity index (χ3v) is 5.37. The molecule has 0 aromatic heterocycles. The van der Waals surface area contributed by atoms with Gasteiger partial charge in [-0.25, -0.2) is 8.42 Å². The summed E-state index contributed by atoms with van der Waals surface area (Å²) in [7, 11) is -3.60. The van der Waals surface area contributed by atoms with E-state index in [9.17, 15) is 8.42 Å². The van der Waals surface area contributed by atoms with Gasteiger partial charge in [0.25, 0.3) is 0 Å². The zero-order valence-electron chi connectivity index (χ0n) is 14.5. The van der Waals surface area contributed by atoms with Crippen LogP contribution < -0.4 is 9.47 Å². The van der Waals surface area contributed by atoms with E-state index < -0.39 is 9.84 Å². The molecule has 0 fully saturated rings. The van der Waals surface area contributed by atoms with Crippen molar-refractivity contribution in [2.45, 2.75) is 36.5 Å². The van der Waals surface area contributed by atoms with Gasteiger partial charge in [-0.1, -0.05) is 27.0 Å². The van der Waals surface area contributed by atoms with Crippen LogP contribution >= 0.6 is 0 Å². The van der Waals surface area contributed by atoms with Crippen molar-refractivity contribution < 1.29 is 17.9 Å². The predicted molar refractivity (Wildman–Crippen MR) is 98.5 cm³/mol. The molecule has 2 aromatic carbocycles. The standard InChI is InChI=1S/C20H22O4S/c1-5-15(3)23-17-7-11-19(12-8-17)25(21,22)20-13-9-18(10-14-20)24-16(4)6-2/h7-14H,3-6H2,1-2H3. The molecule has 0 bridgehead atoms. The maximum atomic E-state index is 12.7. The van der Waals surface area contributed by atoms with E-state index in [1.54, 1.807) is 24.3 Å². The lowest BCUT2D eigenvalue weighted by Gasteiger charge is -2.10. The predicted octanol–water partition coefficient (Wildman–Crippen LogP) is 5.12. The van der Waals surface area contributed by atoms with Crippen LogP contribution in [0.3, 0.4) is 0 Å². The summed E-state index contributed by atoms with van der Waals surface area (Å²) < 4.78 is 36.4. The summed E-state index contributed by atoms with van der Waals surface area (Å²) in [5.41, 5.74) is 0. The Morgan fingerprint density at radius 3 is 1.36 bits per heavy atom. The van der Waals surface area contributed by atoms with Crippen molar-refractivity contribution in [1.82, 2.24) is 0 Å². The van der Waals surface area contributed by atoms with Crippen molar-refractivity contribution in [2.75, 3.05) is 0 Å². The number of sulfone groups is 1. The molecular weight excluding hydrogens is 336 g/mol. The Kier molecular flexibility index (Phi) is 6.04. The van der Waals surface area contributed by atoms with Gasteiger partial charge in [-0.15, -0.1) is 0 Å². The molecule has 132 valence electrons. The lowest BCUT2D eigenvalue weighted by molar-refractivity contribution is 0.411. The summed E-state index contributed by atoms with van der Waals surface area (Å²) >= 11 is 0. The van der Waals surface area contributed by atoms with Gasteiger partial charge >= 0.3 is 0 Å². The third-order valence-electron chi connectivity index (χ3n) is 3.58. The SMILES string of the molecule is C=C(CC)Oc1ccc(S(=O)(=O)c2ccc(OC(=C)CC)cc2)cc1. The summed E-state index contributed by atoms with van der Waals surface area (Å²) in [4.78, 5) is 0.405. The Morgan fingerprint density at radius 1 is 0.760 bits per heavy atom. The molecule has 0 atom stereocenters. The summed E-state index contributed by atoms with van der Waals surface area (Å²) in [5.74, 6) is 2.37. The fourth-order valence-corrected chi connectivity index (χ4v) is 3.25. The highest BCUT2D eigenvalue weighted by molar-refractivity contribution is 7.91. The van der Waals surface area contributed by atoms with Crippen LogP contribution in [0.15, 0.2) is 83.0 Å². The maximum absolute atomic E-state index is 12.7. The quantitative estimate of drug-likeness (QED) is 0.614. The average Bonchev–Trinajstić information content (AvgIpc) is 2.62. The molecule has 5 heteroatoms. The van der Waals surface area contributed by atoms with Gasteiger partial charge in [0.2, 0.25) is 9.84 Å².